The van der Waals surface area contributed by atoms with Crippen molar-refractivity contribution in [1.82, 2.24) is 9.80 Å². The van der Waals surface area contributed by atoms with Crippen molar-refractivity contribution in [1.29, 1.82) is 0 Å². The first kappa shape index (κ1) is 28.7. The number of hydrogen-bond donors (Lipinski definition) is 0. The van der Waals surface area contributed by atoms with Crippen LogP contribution < -0.4 is 0 Å². The molecule has 1 aromatic carbocycles. The molecule has 0 amide bonds. The van der Waals surface area contributed by atoms with E-state index in [9.17, 15) is 0 Å². The molecule has 0 aliphatic carbocycles. The van der Waals surface area contributed by atoms with Crippen molar-refractivity contribution < 1.29 is 18.6 Å². The first-order valence-electron chi connectivity index (χ1n) is 9.68. The Morgan fingerprint density at radius 3 is 2.11 bits per heavy atom. The second kappa shape index (κ2) is 16.4. The molecule has 0 spiro atoms. The van der Waals surface area contributed by atoms with Crippen LogP contribution in [0.25, 0.3) is 0 Å². The Labute approximate surface area is 182 Å². The molecule has 0 N–H and O–H groups in total. The van der Waals surface area contributed by atoms with Gasteiger partial charge in [-0.3, -0.25) is 9.80 Å². The first-order chi connectivity index (χ1) is 12.0. The largest absolute Gasteiger partial charge is 0.358 e. The van der Waals surface area contributed by atoms with Crippen LogP contribution >= 0.6 is 0 Å². The maximum Gasteiger partial charge on any atom is 0.0236 e. The molecule has 0 aromatic heterocycles. The third kappa shape index (κ3) is 11.1. The summed E-state index contributed by atoms with van der Waals surface area (Å²) in [6.45, 7) is 12.5. The van der Waals surface area contributed by atoms with Gasteiger partial charge in [-0.1, -0.05) is 36.4 Å². The van der Waals surface area contributed by atoms with Gasteiger partial charge >= 0.3 is 0 Å². The molecule has 27 heavy (non-hydrogen) atoms. The maximum atomic E-state index is 3.64. The Kier molecular flexibility index (Phi) is 17.4. The molecular weight excluding hydrogens is 367 g/mol. The molecule has 3 heteroatoms. The summed E-state index contributed by atoms with van der Waals surface area (Å²) in [7, 11) is 4.36. The molecule has 0 saturated heterocycles. The van der Waals surface area contributed by atoms with Crippen LogP contribution in [0.3, 0.4) is 0 Å². The monoisotopic (exact) mass is 408 g/mol. The van der Waals surface area contributed by atoms with Gasteiger partial charge in [0.2, 0.25) is 0 Å². The number of likely N-dealkylation sites (N-methyl/N-ethyl adjacent to an activating group) is 2. The fourth-order valence-electron chi connectivity index (χ4n) is 2.91. The number of nitrogens with zero attached hydrogens (tertiary/aromatic N) is 2. The summed E-state index contributed by atoms with van der Waals surface area (Å²) in [6.07, 6.45) is 11.2. The molecular formula is C24H41N2V-3. The van der Waals surface area contributed by atoms with Gasteiger partial charge in [-0.15, -0.1) is 0 Å². The van der Waals surface area contributed by atoms with Crippen LogP contribution in [-0.4, -0.2) is 42.5 Å². The molecule has 2 aliphatic heterocycles. The zero-order valence-corrected chi connectivity index (χ0v) is 19.9. The predicted octanol–water partition coefficient (Wildman–Crippen LogP) is 5.60. The molecule has 0 bridgehead atoms. The summed E-state index contributed by atoms with van der Waals surface area (Å²) in [5, 5.41) is 0. The number of hydrogen-bond acceptors (Lipinski definition) is 2. The van der Waals surface area contributed by atoms with Gasteiger partial charge < -0.3 is 20.8 Å². The van der Waals surface area contributed by atoms with Crippen molar-refractivity contribution in [3.05, 3.63) is 68.3 Å². The average molecular weight is 409 g/mol. The average Bonchev–Trinajstić information content (AvgIpc) is 2.60. The van der Waals surface area contributed by atoms with Crippen molar-refractivity contribution >= 4 is 0 Å². The normalized spacial score (nSPS) is 21.3. The van der Waals surface area contributed by atoms with E-state index >= 15 is 0 Å². The fraction of sp³-hybridized carbons (Fsp3) is 0.542. The molecule has 2 nitrogen and oxygen atoms in total. The van der Waals surface area contributed by atoms with Gasteiger partial charge in [0, 0.05) is 43.7 Å². The first-order valence-corrected chi connectivity index (χ1v) is 9.68. The zero-order valence-electron chi connectivity index (χ0n) is 18.5. The summed E-state index contributed by atoms with van der Waals surface area (Å²) >= 11 is 0. The van der Waals surface area contributed by atoms with Crippen molar-refractivity contribution in [3.8, 4) is 0 Å². The third-order valence-electron chi connectivity index (χ3n) is 5.09. The van der Waals surface area contributed by atoms with E-state index in [4.69, 9.17) is 0 Å². The van der Waals surface area contributed by atoms with E-state index in [2.05, 4.69) is 87.5 Å². The Morgan fingerprint density at radius 1 is 1.04 bits per heavy atom. The molecule has 2 unspecified atom stereocenters. The van der Waals surface area contributed by atoms with Gasteiger partial charge in [0.05, 0.1) is 0 Å². The summed E-state index contributed by atoms with van der Waals surface area (Å²) in [5.41, 5.74) is 3.03. The van der Waals surface area contributed by atoms with Crippen LogP contribution in [0.4, 0.5) is 0 Å². The van der Waals surface area contributed by atoms with Crippen LogP contribution in [0.15, 0.2) is 36.4 Å². The van der Waals surface area contributed by atoms with Gasteiger partial charge in [0.1, 0.15) is 0 Å². The van der Waals surface area contributed by atoms with Crippen molar-refractivity contribution in [2.75, 3.05) is 20.6 Å². The summed E-state index contributed by atoms with van der Waals surface area (Å²) in [6, 6.07) is 10.2. The van der Waals surface area contributed by atoms with E-state index in [1.165, 1.54) is 24.0 Å². The van der Waals surface area contributed by atoms with E-state index in [0.717, 1.165) is 32.0 Å². The summed E-state index contributed by atoms with van der Waals surface area (Å²) in [5.74, 6) is 0. The Bertz CT molecular complexity index is 458. The van der Waals surface area contributed by atoms with E-state index < -0.39 is 0 Å². The van der Waals surface area contributed by atoms with Gasteiger partial charge in [-0.25, -0.2) is 12.8 Å². The van der Waals surface area contributed by atoms with Crippen LogP contribution in [0, 0.1) is 20.8 Å². The van der Waals surface area contributed by atoms with Crippen LogP contribution in [0.1, 0.15) is 51.2 Å². The van der Waals surface area contributed by atoms with Crippen molar-refractivity contribution in [2.24, 2.45) is 0 Å². The minimum atomic E-state index is 0. The number of fused-ring (bicyclic) bond motifs is 1. The van der Waals surface area contributed by atoms with Crippen LogP contribution in [-0.2, 0) is 31.5 Å². The van der Waals surface area contributed by atoms with Gasteiger partial charge in [0.25, 0.3) is 0 Å². The second-order valence-corrected chi connectivity index (χ2v) is 7.28. The molecule has 0 fully saturated rings. The molecule has 2 atom stereocenters. The Balaban J connectivity index is 0. The van der Waals surface area contributed by atoms with E-state index in [-0.39, 0.29) is 26.0 Å². The topological polar surface area (TPSA) is 6.48 Å². The van der Waals surface area contributed by atoms with Gasteiger partial charge in [-0.05, 0) is 51.9 Å². The minimum Gasteiger partial charge on any atom is -0.358 e. The molecule has 2 aliphatic rings. The fourth-order valence-corrected chi connectivity index (χ4v) is 2.91. The van der Waals surface area contributed by atoms with Crippen LogP contribution in [0.2, 0.25) is 0 Å². The second-order valence-electron chi connectivity index (χ2n) is 7.28. The van der Waals surface area contributed by atoms with E-state index in [1.807, 2.05) is 6.92 Å². The van der Waals surface area contributed by atoms with E-state index in [1.54, 1.807) is 0 Å². The molecule has 155 valence electrons. The standard InChI is InChI=1S/C11H15N.C7H13N.C5H10.CH3.V/c1-9-7-10-5-3-4-6-11(10)8-12(9)2;1-7-5-3-4-6-8(7)2;1-3-5-4-2;;/h3-6,9H,7-8H2,1-2H3;3-4,7H,5-6H2,1-2H3;4H,1,3,5H2,2H3;1H3;/q;;-2;-1;. The van der Waals surface area contributed by atoms with Crippen LogP contribution in [0.5, 0.6) is 0 Å². The third-order valence-corrected chi connectivity index (χ3v) is 5.09. The summed E-state index contributed by atoms with van der Waals surface area (Å²) < 4.78 is 0. The van der Waals surface area contributed by atoms with Crippen molar-refractivity contribution in [3.63, 3.8) is 0 Å². The Morgan fingerprint density at radius 2 is 1.67 bits per heavy atom. The molecule has 1 aromatic rings. The molecule has 1 radical (unpaired) electrons. The maximum absolute atomic E-state index is 3.64. The number of rotatable bonds is 2. The Hall–Kier alpha value is -0.536. The number of benzene rings is 1. The predicted molar refractivity (Wildman–Crippen MR) is 118 cm³/mol. The quantitative estimate of drug-likeness (QED) is 0.464. The van der Waals surface area contributed by atoms with E-state index in [0.29, 0.717) is 6.04 Å². The van der Waals surface area contributed by atoms with Gasteiger partial charge in [0.15, 0.2) is 0 Å². The van der Waals surface area contributed by atoms with Crippen molar-refractivity contribution in [2.45, 2.75) is 65.1 Å². The SMILES string of the molecule is CC1CC=CCN1C.CC1Cc2ccccc2CN1C.[CH2-]CC[CH-]C.[CH3-].[V]. The zero-order chi connectivity index (χ0) is 18.7. The summed E-state index contributed by atoms with van der Waals surface area (Å²) in [4.78, 5) is 4.75. The molecule has 2 heterocycles. The number of unbranched alkanes of at least 4 members (excludes halogenated alkanes) is 2. The van der Waals surface area contributed by atoms with Gasteiger partial charge in [-0.2, -0.15) is 6.92 Å². The minimum absolute atomic E-state index is 0. The smallest absolute Gasteiger partial charge is 0.0236 e. The molecule has 3 rings (SSSR count). The molecule has 0 saturated carbocycles.